The van der Waals surface area contributed by atoms with Crippen molar-refractivity contribution in [1.82, 2.24) is 34.5 Å². The summed E-state index contributed by atoms with van der Waals surface area (Å²) in [7, 11) is 0. The van der Waals surface area contributed by atoms with Crippen LogP contribution in [0.4, 0.5) is 11.6 Å². The van der Waals surface area contributed by atoms with Crippen LogP contribution in [0.3, 0.4) is 0 Å². The Bertz CT molecular complexity index is 1940. The first kappa shape index (κ1) is 31.7. The third-order valence-corrected chi connectivity index (χ3v) is 9.26. The van der Waals surface area contributed by atoms with E-state index in [1.165, 1.54) is 12.8 Å². The summed E-state index contributed by atoms with van der Waals surface area (Å²) < 4.78 is 5.32. The molecule has 1 unspecified atom stereocenters. The summed E-state index contributed by atoms with van der Waals surface area (Å²) in [6.07, 6.45) is 5.98. The van der Waals surface area contributed by atoms with Crippen LogP contribution in [0.1, 0.15) is 19.8 Å². The second-order valence-electron chi connectivity index (χ2n) is 10.6. The molecule has 1 aliphatic rings. The predicted molar refractivity (Wildman–Crippen MR) is 191 cm³/mol. The molecule has 1 aliphatic heterocycles. The molecule has 13 heteroatoms. The average Bonchev–Trinajstić information content (AvgIpc) is 3.63. The number of piperidine rings is 1. The number of nitrogens with zero attached hydrogens (tertiary/aromatic N) is 6. The van der Waals surface area contributed by atoms with Crippen LogP contribution in [-0.2, 0) is 0 Å². The lowest BCUT2D eigenvalue weighted by Crippen LogP contribution is -2.33. The Kier molecular flexibility index (Phi) is 10.2. The maximum absolute atomic E-state index is 6.37. The van der Waals surface area contributed by atoms with Gasteiger partial charge in [-0.15, -0.1) is 0 Å². The van der Waals surface area contributed by atoms with Gasteiger partial charge in [-0.25, -0.2) is 9.97 Å². The zero-order valence-corrected chi connectivity index (χ0v) is 29.1. The van der Waals surface area contributed by atoms with Crippen molar-refractivity contribution >= 4 is 78.0 Å². The van der Waals surface area contributed by atoms with Crippen molar-refractivity contribution in [3.63, 3.8) is 0 Å². The number of benzene rings is 2. The van der Waals surface area contributed by atoms with Gasteiger partial charge in [0.25, 0.3) is 0 Å². The Hall–Kier alpha value is -3.22. The highest BCUT2D eigenvalue weighted by atomic mass is 79.9. The lowest BCUT2D eigenvalue weighted by molar-refractivity contribution is 0.392. The number of halogens is 4. The van der Waals surface area contributed by atoms with Gasteiger partial charge in [-0.2, -0.15) is 19.2 Å². The minimum atomic E-state index is 0.625. The minimum Gasteiger partial charge on any atom is -0.370 e. The van der Waals surface area contributed by atoms with Crippen LogP contribution in [0.25, 0.3) is 33.8 Å². The quantitative estimate of drug-likeness (QED) is 0.150. The fourth-order valence-electron chi connectivity index (χ4n) is 5.27. The van der Waals surface area contributed by atoms with Crippen LogP contribution in [-0.4, -0.2) is 55.4 Å². The predicted octanol–water partition coefficient (Wildman–Crippen LogP) is 8.47. The van der Waals surface area contributed by atoms with Crippen LogP contribution in [0.2, 0.25) is 10.0 Å². The second-order valence-corrected chi connectivity index (χ2v) is 13.1. The summed E-state index contributed by atoms with van der Waals surface area (Å²) in [5.41, 5.74) is 5.02. The van der Waals surface area contributed by atoms with Crippen LogP contribution in [0.5, 0.6) is 0 Å². The molecule has 232 valence electrons. The van der Waals surface area contributed by atoms with E-state index in [4.69, 9.17) is 28.2 Å². The number of rotatable bonds is 7. The smallest absolute Gasteiger partial charge is 0.172 e. The number of aromatic nitrogens is 6. The first-order valence-corrected chi connectivity index (χ1v) is 17.0. The van der Waals surface area contributed by atoms with E-state index in [-0.39, 0.29) is 0 Å². The molecule has 1 fully saturated rings. The normalized spacial score (nSPS) is 14.7. The van der Waals surface area contributed by atoms with Gasteiger partial charge in [0.1, 0.15) is 11.6 Å². The molecule has 7 rings (SSSR count). The number of nitrogens with one attached hydrogen (secondary N) is 3. The first-order valence-electron chi connectivity index (χ1n) is 14.7. The van der Waals surface area contributed by atoms with Gasteiger partial charge in [0.05, 0.1) is 32.7 Å². The highest BCUT2D eigenvalue weighted by molar-refractivity contribution is 9.11. The van der Waals surface area contributed by atoms with E-state index >= 15 is 0 Å². The largest absolute Gasteiger partial charge is 0.370 e. The molecule has 3 N–H and O–H groups in total. The number of fused-ring (bicyclic) bond motifs is 2. The van der Waals surface area contributed by atoms with Crippen molar-refractivity contribution in [1.29, 1.82) is 0 Å². The summed E-state index contributed by atoms with van der Waals surface area (Å²) in [5, 5.41) is 20.4. The highest BCUT2D eigenvalue weighted by Gasteiger charge is 2.17. The molecule has 5 heterocycles. The molecule has 1 saturated heterocycles. The summed E-state index contributed by atoms with van der Waals surface area (Å²) >= 11 is 19.6. The Morgan fingerprint density at radius 3 is 1.84 bits per heavy atom. The first-order chi connectivity index (χ1) is 21.9. The minimum absolute atomic E-state index is 0.625. The molecule has 0 spiro atoms. The maximum Gasteiger partial charge on any atom is 0.172 e. The van der Waals surface area contributed by atoms with E-state index in [1.54, 1.807) is 16.9 Å². The SMILES string of the molecule is CCNc1cc(-c2ccccc2Cl)nc2c(Br)cnn12.Clc1ccccc1-c1cc(NCC2CCCNC2)n2ncc(Br)c2n1. The fraction of sp³-hybridized carbons (Fsp3) is 0.250. The molecule has 0 bridgehead atoms. The van der Waals surface area contributed by atoms with E-state index in [2.05, 4.69) is 63.0 Å². The molecular weight excluding hydrogens is 741 g/mol. The summed E-state index contributed by atoms with van der Waals surface area (Å²) in [4.78, 5) is 9.38. The molecule has 1 atom stereocenters. The van der Waals surface area contributed by atoms with Gasteiger partial charge in [0.2, 0.25) is 0 Å². The molecule has 0 radical (unpaired) electrons. The van der Waals surface area contributed by atoms with Gasteiger partial charge in [-0.05, 0) is 82.8 Å². The van der Waals surface area contributed by atoms with Gasteiger partial charge < -0.3 is 16.0 Å². The summed E-state index contributed by atoms with van der Waals surface area (Å²) in [6, 6.07) is 19.4. The van der Waals surface area contributed by atoms with Crippen LogP contribution in [0.15, 0.2) is 82.0 Å². The third-order valence-electron chi connectivity index (χ3n) is 7.49. The van der Waals surface area contributed by atoms with Crippen molar-refractivity contribution in [2.24, 2.45) is 5.92 Å². The van der Waals surface area contributed by atoms with E-state index in [9.17, 15) is 0 Å². The molecule has 45 heavy (non-hydrogen) atoms. The molecular formula is C32H31Br2Cl2N9. The average molecular weight is 772 g/mol. The molecule has 6 aromatic rings. The van der Waals surface area contributed by atoms with Crippen molar-refractivity contribution in [3.05, 3.63) is 92.0 Å². The van der Waals surface area contributed by atoms with Crippen molar-refractivity contribution in [2.75, 3.05) is 36.8 Å². The summed E-state index contributed by atoms with van der Waals surface area (Å²) in [5.74, 6) is 2.44. The monoisotopic (exact) mass is 769 g/mol. The lowest BCUT2D eigenvalue weighted by atomic mass is 10.00. The van der Waals surface area contributed by atoms with E-state index in [0.717, 1.165) is 80.6 Å². The molecule has 0 amide bonds. The standard InChI is InChI=1S/C18H19BrClN5.C14H12BrClN4/c19-14-11-23-25-17(22-10-12-4-3-7-21-9-12)8-16(24-18(14)25)13-5-1-2-6-15(13)20;1-2-17-13-7-12(9-5-3-4-6-11(9)16)19-14-10(15)8-18-20(13)14/h1-2,5-6,8,11-12,21-22H,3-4,7,9-10H2;3-8,17H,2H2,1H3. The molecule has 0 aliphatic carbocycles. The number of hydrogen-bond donors (Lipinski definition) is 3. The van der Waals surface area contributed by atoms with Crippen LogP contribution >= 0.6 is 55.1 Å². The fourth-order valence-corrected chi connectivity index (χ4v) is 6.43. The molecule has 0 saturated carbocycles. The molecule has 4 aromatic heterocycles. The number of anilines is 2. The summed E-state index contributed by atoms with van der Waals surface area (Å²) in [6.45, 7) is 5.93. The number of hydrogen-bond acceptors (Lipinski definition) is 7. The second kappa shape index (κ2) is 14.5. The Morgan fingerprint density at radius 2 is 1.36 bits per heavy atom. The van der Waals surface area contributed by atoms with E-state index in [0.29, 0.717) is 16.0 Å². The Labute approximate surface area is 288 Å². The van der Waals surface area contributed by atoms with Gasteiger partial charge in [0, 0.05) is 46.4 Å². The molecule has 2 aromatic carbocycles. The lowest BCUT2D eigenvalue weighted by Gasteiger charge is -2.23. The maximum atomic E-state index is 6.37. The van der Waals surface area contributed by atoms with Crippen LogP contribution < -0.4 is 16.0 Å². The van der Waals surface area contributed by atoms with Gasteiger partial charge in [0.15, 0.2) is 11.3 Å². The van der Waals surface area contributed by atoms with Crippen molar-refractivity contribution in [3.8, 4) is 22.5 Å². The van der Waals surface area contributed by atoms with Gasteiger partial charge in [-0.3, -0.25) is 0 Å². The topological polar surface area (TPSA) is 96.5 Å². The van der Waals surface area contributed by atoms with Crippen molar-refractivity contribution in [2.45, 2.75) is 19.8 Å². The molecule has 9 nitrogen and oxygen atoms in total. The van der Waals surface area contributed by atoms with Crippen molar-refractivity contribution < 1.29 is 0 Å². The Balaban J connectivity index is 0.000000163. The van der Waals surface area contributed by atoms with E-state index < -0.39 is 0 Å². The van der Waals surface area contributed by atoms with E-state index in [1.807, 2.05) is 72.1 Å². The Morgan fingerprint density at radius 1 is 0.822 bits per heavy atom. The third kappa shape index (κ3) is 7.12. The van der Waals surface area contributed by atoms with Gasteiger partial charge >= 0.3 is 0 Å². The van der Waals surface area contributed by atoms with Gasteiger partial charge in [-0.1, -0.05) is 59.6 Å². The highest BCUT2D eigenvalue weighted by Crippen LogP contribution is 2.32. The van der Waals surface area contributed by atoms with Crippen LogP contribution in [0, 0.1) is 5.92 Å². The zero-order valence-electron chi connectivity index (χ0n) is 24.4. The zero-order chi connectivity index (χ0) is 31.3.